The van der Waals surface area contributed by atoms with E-state index in [9.17, 15) is 19.2 Å². The van der Waals surface area contributed by atoms with Crippen molar-refractivity contribution in [3.8, 4) is 5.82 Å². The molecule has 4 aromatic heterocycles. The molecule has 1 fully saturated rings. The number of imidazole rings is 1. The van der Waals surface area contributed by atoms with Crippen LogP contribution in [0.25, 0.3) is 11.5 Å². The molecule has 36 heavy (non-hydrogen) atoms. The molecule has 1 aliphatic heterocycles. The molecule has 0 aliphatic carbocycles. The molecule has 0 radical (unpaired) electrons. The lowest BCUT2D eigenvalue weighted by atomic mass is 10.2. The molecule has 1 unspecified atom stereocenters. The Balaban J connectivity index is 1.48. The summed E-state index contributed by atoms with van der Waals surface area (Å²) in [5, 5.41) is 13.0. The third-order valence-electron chi connectivity index (χ3n) is 5.76. The van der Waals surface area contributed by atoms with Gasteiger partial charge < -0.3 is 16.0 Å². The average molecular weight is 487 g/mol. The first kappa shape index (κ1) is 22.7. The zero-order valence-corrected chi connectivity index (χ0v) is 19.3. The lowest BCUT2D eigenvalue weighted by Crippen LogP contribution is -2.41. The maximum absolute atomic E-state index is 13.1. The summed E-state index contributed by atoms with van der Waals surface area (Å²) >= 11 is 0. The normalized spacial score (nSPS) is 15.4. The van der Waals surface area contributed by atoms with Gasteiger partial charge in [0.05, 0.1) is 18.3 Å². The number of amides is 3. The van der Waals surface area contributed by atoms with E-state index < -0.39 is 17.9 Å². The number of nitrogens with zero attached hydrogens (tertiary/aromatic N) is 6. The van der Waals surface area contributed by atoms with Crippen LogP contribution in [0.1, 0.15) is 16.9 Å². The second-order valence-corrected chi connectivity index (χ2v) is 8.00. The largest absolute Gasteiger partial charge is 0.385 e. The Morgan fingerprint density at radius 1 is 1.08 bits per heavy atom. The molecule has 0 aromatic carbocycles. The van der Waals surface area contributed by atoms with Crippen LogP contribution in [0.3, 0.4) is 0 Å². The lowest BCUT2D eigenvalue weighted by Gasteiger charge is -2.13. The Labute approximate surface area is 203 Å². The molecular formula is C23H21N9O4. The van der Waals surface area contributed by atoms with Gasteiger partial charge >= 0.3 is 0 Å². The van der Waals surface area contributed by atoms with Gasteiger partial charge in [0.2, 0.25) is 5.91 Å². The van der Waals surface area contributed by atoms with E-state index in [-0.39, 0.29) is 35.1 Å². The van der Waals surface area contributed by atoms with Gasteiger partial charge in [-0.2, -0.15) is 0 Å². The number of nitrogens with one attached hydrogen (secondary N) is 3. The van der Waals surface area contributed by atoms with Gasteiger partial charge in [-0.25, -0.2) is 14.5 Å². The summed E-state index contributed by atoms with van der Waals surface area (Å²) < 4.78 is 2.70. The van der Waals surface area contributed by atoms with Crippen LogP contribution >= 0.6 is 0 Å². The van der Waals surface area contributed by atoms with Crippen LogP contribution in [0.15, 0.2) is 59.8 Å². The highest BCUT2D eigenvalue weighted by Crippen LogP contribution is 2.22. The summed E-state index contributed by atoms with van der Waals surface area (Å²) in [4.78, 5) is 59.5. The first-order valence-electron chi connectivity index (χ1n) is 10.9. The van der Waals surface area contributed by atoms with Gasteiger partial charge in [0.1, 0.15) is 17.5 Å². The topological polar surface area (TPSA) is 156 Å². The minimum atomic E-state index is -0.958. The molecule has 4 aromatic rings. The van der Waals surface area contributed by atoms with Crippen molar-refractivity contribution in [2.24, 2.45) is 0 Å². The van der Waals surface area contributed by atoms with E-state index in [0.29, 0.717) is 17.2 Å². The first-order chi connectivity index (χ1) is 17.4. The molecule has 0 bridgehead atoms. The summed E-state index contributed by atoms with van der Waals surface area (Å²) in [5.74, 6) is -0.745. The van der Waals surface area contributed by atoms with E-state index in [0.717, 1.165) is 4.90 Å². The van der Waals surface area contributed by atoms with Gasteiger partial charge in [-0.05, 0) is 24.3 Å². The molecule has 1 aliphatic rings. The molecule has 3 N–H and O–H groups in total. The predicted octanol–water partition coefficient (Wildman–Crippen LogP) is 0.548. The summed E-state index contributed by atoms with van der Waals surface area (Å²) in [6.07, 6.45) is 4.41. The van der Waals surface area contributed by atoms with Gasteiger partial charge in [0, 0.05) is 32.6 Å². The maximum Gasteiger partial charge on any atom is 0.279 e. The summed E-state index contributed by atoms with van der Waals surface area (Å²) in [6, 6.07) is 9.24. The molecule has 13 heteroatoms. The van der Waals surface area contributed by atoms with Crippen molar-refractivity contribution in [3.05, 3.63) is 71.0 Å². The van der Waals surface area contributed by atoms with Gasteiger partial charge in [-0.1, -0.05) is 6.07 Å². The second kappa shape index (κ2) is 8.94. The van der Waals surface area contributed by atoms with Crippen LogP contribution in [0.2, 0.25) is 0 Å². The van der Waals surface area contributed by atoms with Crippen molar-refractivity contribution in [2.75, 3.05) is 24.7 Å². The monoisotopic (exact) mass is 487 g/mol. The third-order valence-corrected chi connectivity index (χ3v) is 5.76. The van der Waals surface area contributed by atoms with Crippen LogP contribution in [0.4, 0.5) is 17.2 Å². The molecular weight excluding hydrogens is 466 g/mol. The SMILES string of the molecule is CNc1cc(Nc2cccn(-c3ccccn3)c2=O)nn2c(C(=O)NC3CC(=O)N(C)C3=O)cnc12. The lowest BCUT2D eigenvalue weighted by molar-refractivity contribution is -0.137. The second-order valence-electron chi connectivity index (χ2n) is 8.00. The van der Waals surface area contributed by atoms with Crippen LogP contribution < -0.4 is 21.5 Å². The van der Waals surface area contributed by atoms with Crippen LogP contribution in [-0.2, 0) is 9.59 Å². The summed E-state index contributed by atoms with van der Waals surface area (Å²) in [6.45, 7) is 0. The smallest absolute Gasteiger partial charge is 0.279 e. The standard InChI is InChI=1S/C23H21N9O4/c1-24-14-10-17(27-13-6-5-9-31(23(13)36)18-7-3-4-8-25-18)29-32-16(12-26-20(14)32)21(34)28-15-11-19(33)30(2)22(15)35/h3-10,12,15,24H,11H2,1-2H3,(H,27,29)(H,28,34). The van der Waals surface area contributed by atoms with E-state index in [1.54, 1.807) is 55.8 Å². The molecule has 0 spiro atoms. The van der Waals surface area contributed by atoms with Gasteiger partial charge in [0.25, 0.3) is 17.4 Å². The fourth-order valence-corrected chi connectivity index (χ4v) is 3.87. The number of aromatic nitrogens is 5. The van der Waals surface area contributed by atoms with E-state index in [2.05, 4.69) is 31.0 Å². The number of hydrogen-bond donors (Lipinski definition) is 3. The zero-order chi connectivity index (χ0) is 25.4. The van der Waals surface area contributed by atoms with Crippen LogP contribution in [-0.4, -0.2) is 66.9 Å². The number of hydrogen-bond acceptors (Lipinski definition) is 9. The molecule has 1 saturated heterocycles. The number of carbonyl (C=O) groups is 3. The average Bonchev–Trinajstić information content (AvgIpc) is 3.42. The number of carbonyl (C=O) groups excluding carboxylic acids is 3. The molecule has 5 heterocycles. The van der Waals surface area contributed by atoms with Crippen LogP contribution in [0, 0.1) is 0 Å². The fourth-order valence-electron chi connectivity index (χ4n) is 3.87. The number of imide groups is 1. The predicted molar refractivity (Wildman–Crippen MR) is 129 cm³/mol. The molecule has 1 atom stereocenters. The van der Waals surface area contributed by atoms with Crippen LogP contribution in [0.5, 0.6) is 0 Å². The van der Waals surface area contributed by atoms with E-state index >= 15 is 0 Å². The van der Waals surface area contributed by atoms with Crippen molar-refractivity contribution in [1.29, 1.82) is 0 Å². The molecule has 5 rings (SSSR count). The highest BCUT2D eigenvalue weighted by molar-refractivity contribution is 6.07. The number of likely N-dealkylation sites (tertiary alicyclic amines) is 1. The minimum absolute atomic E-state index is 0.0545. The zero-order valence-electron chi connectivity index (χ0n) is 19.3. The highest BCUT2D eigenvalue weighted by Gasteiger charge is 2.37. The van der Waals surface area contributed by atoms with E-state index in [1.807, 2.05) is 0 Å². The van der Waals surface area contributed by atoms with Crippen molar-refractivity contribution in [1.82, 2.24) is 34.4 Å². The van der Waals surface area contributed by atoms with Crippen molar-refractivity contribution >= 4 is 40.6 Å². The van der Waals surface area contributed by atoms with E-state index in [4.69, 9.17) is 0 Å². The van der Waals surface area contributed by atoms with Gasteiger partial charge in [0.15, 0.2) is 17.2 Å². The number of anilines is 3. The fraction of sp³-hybridized carbons (Fsp3) is 0.174. The van der Waals surface area contributed by atoms with Crippen molar-refractivity contribution in [3.63, 3.8) is 0 Å². The Morgan fingerprint density at radius 3 is 2.61 bits per heavy atom. The summed E-state index contributed by atoms with van der Waals surface area (Å²) in [7, 11) is 3.05. The van der Waals surface area contributed by atoms with Crippen molar-refractivity contribution < 1.29 is 14.4 Å². The van der Waals surface area contributed by atoms with Gasteiger partial charge in [-0.15, -0.1) is 5.10 Å². The Morgan fingerprint density at radius 2 is 1.92 bits per heavy atom. The molecule has 0 saturated carbocycles. The third kappa shape index (κ3) is 3.91. The Bertz CT molecular complexity index is 1560. The number of pyridine rings is 2. The first-order valence-corrected chi connectivity index (χ1v) is 10.9. The Kier molecular flexibility index (Phi) is 5.64. The molecule has 3 amide bonds. The number of likely N-dealkylation sites (N-methyl/N-ethyl adjacent to an activating group) is 1. The Hall–Kier alpha value is -5.07. The summed E-state index contributed by atoms with van der Waals surface area (Å²) in [5.41, 5.74) is 0.846. The number of fused-ring (bicyclic) bond motifs is 1. The highest BCUT2D eigenvalue weighted by atomic mass is 16.2. The molecule has 13 nitrogen and oxygen atoms in total. The van der Waals surface area contributed by atoms with E-state index in [1.165, 1.54) is 22.3 Å². The number of rotatable bonds is 6. The van der Waals surface area contributed by atoms with Gasteiger partial charge in [-0.3, -0.25) is 28.6 Å². The quantitative estimate of drug-likeness (QED) is 0.331. The molecule has 182 valence electrons. The van der Waals surface area contributed by atoms with Crippen molar-refractivity contribution in [2.45, 2.75) is 12.5 Å². The maximum atomic E-state index is 13.1. The minimum Gasteiger partial charge on any atom is -0.385 e.